The summed E-state index contributed by atoms with van der Waals surface area (Å²) in [5.41, 5.74) is 9.95. The van der Waals surface area contributed by atoms with Crippen LogP contribution in [0.2, 0.25) is 0 Å². The number of hydrogen-bond donors (Lipinski definition) is 5. The topological polar surface area (TPSA) is 116 Å². The number of amides is 1. The van der Waals surface area contributed by atoms with E-state index in [1.54, 1.807) is 12.1 Å². The van der Waals surface area contributed by atoms with Crippen LogP contribution in [-0.2, 0) is 0 Å². The van der Waals surface area contributed by atoms with Gasteiger partial charge >= 0.3 is 0 Å². The first-order valence-electron chi connectivity index (χ1n) is 4.73. The van der Waals surface area contributed by atoms with Gasteiger partial charge in [0.05, 0.1) is 0 Å². The molecule has 7 heteroatoms. The lowest BCUT2D eigenvalue weighted by Crippen LogP contribution is -2.44. The molecule has 0 unspecified atom stereocenters. The zero-order valence-electron chi connectivity index (χ0n) is 8.87. The van der Waals surface area contributed by atoms with Crippen LogP contribution in [0.25, 0.3) is 0 Å². The number of nitrogens with zero attached hydrogens (tertiary/aromatic N) is 1. The molecule has 0 fully saturated rings. The fourth-order valence-electron chi connectivity index (χ4n) is 1.05. The molecule has 0 saturated heterocycles. The van der Waals surface area contributed by atoms with Gasteiger partial charge in [0.15, 0.2) is 0 Å². The highest BCUT2D eigenvalue weighted by Crippen LogP contribution is 2.05. The largest absolute Gasteiger partial charge is 0.370 e. The number of carbonyl (C=O) groups excluding carboxylic acids is 1. The smallest absolute Gasteiger partial charge is 0.269 e. The highest BCUT2D eigenvalue weighted by molar-refractivity contribution is 5.95. The van der Waals surface area contributed by atoms with Crippen molar-refractivity contribution in [1.29, 1.82) is 5.41 Å². The van der Waals surface area contributed by atoms with Gasteiger partial charge in [0, 0.05) is 18.3 Å². The first-order valence-corrected chi connectivity index (χ1v) is 4.73. The van der Waals surface area contributed by atoms with E-state index in [1.807, 2.05) is 6.92 Å². The van der Waals surface area contributed by atoms with Crippen LogP contribution in [0, 0.1) is 5.41 Å². The molecule has 1 heterocycles. The minimum atomic E-state index is -0.378. The molecule has 1 aromatic rings. The van der Waals surface area contributed by atoms with Gasteiger partial charge < -0.3 is 11.1 Å². The van der Waals surface area contributed by atoms with E-state index in [9.17, 15) is 4.79 Å². The first kappa shape index (κ1) is 11.8. The molecule has 0 saturated carbocycles. The molecule has 0 aliphatic carbocycles. The summed E-state index contributed by atoms with van der Waals surface area (Å²) in [6.07, 6.45) is 1.53. The first-order chi connectivity index (χ1) is 7.63. The Kier molecular flexibility index (Phi) is 4.07. The van der Waals surface area contributed by atoms with Crippen molar-refractivity contribution in [3.8, 4) is 0 Å². The maximum absolute atomic E-state index is 11.5. The third kappa shape index (κ3) is 3.45. The van der Waals surface area contributed by atoms with E-state index in [1.165, 1.54) is 6.20 Å². The van der Waals surface area contributed by atoms with Crippen molar-refractivity contribution in [2.24, 2.45) is 5.73 Å². The van der Waals surface area contributed by atoms with E-state index in [0.29, 0.717) is 11.4 Å². The number of nitrogens with one attached hydrogen (secondary N) is 4. The van der Waals surface area contributed by atoms with Gasteiger partial charge in [-0.1, -0.05) is 0 Å². The second-order valence-electron chi connectivity index (χ2n) is 2.95. The molecule has 0 spiro atoms. The zero-order chi connectivity index (χ0) is 12.0. The van der Waals surface area contributed by atoms with Crippen LogP contribution >= 0.6 is 0 Å². The van der Waals surface area contributed by atoms with E-state index in [0.717, 1.165) is 6.54 Å². The van der Waals surface area contributed by atoms with Gasteiger partial charge in [0.2, 0.25) is 5.96 Å². The Morgan fingerprint density at radius 2 is 2.31 bits per heavy atom. The number of hydrazine groups is 1. The molecule has 1 aromatic heterocycles. The minimum absolute atomic E-state index is 0.325. The van der Waals surface area contributed by atoms with Crippen molar-refractivity contribution < 1.29 is 4.79 Å². The van der Waals surface area contributed by atoms with Gasteiger partial charge in [0.1, 0.15) is 5.82 Å². The molecule has 1 amide bonds. The number of aromatic nitrogens is 1. The monoisotopic (exact) mass is 222 g/mol. The number of guanidine groups is 1. The lowest BCUT2D eigenvalue weighted by Gasteiger charge is -2.07. The van der Waals surface area contributed by atoms with Crippen molar-refractivity contribution in [2.45, 2.75) is 6.92 Å². The molecule has 0 aromatic carbocycles. The van der Waals surface area contributed by atoms with Crippen LogP contribution in [0.4, 0.5) is 5.82 Å². The number of hydrogen-bond acceptors (Lipinski definition) is 4. The molecular formula is C9H14N6O. The van der Waals surface area contributed by atoms with Crippen LogP contribution < -0.4 is 21.9 Å². The number of rotatable bonds is 3. The van der Waals surface area contributed by atoms with Gasteiger partial charge in [-0.15, -0.1) is 0 Å². The van der Waals surface area contributed by atoms with Gasteiger partial charge in [-0.05, 0) is 19.1 Å². The molecule has 0 atom stereocenters. The molecule has 0 bridgehead atoms. The molecule has 16 heavy (non-hydrogen) atoms. The summed E-state index contributed by atoms with van der Waals surface area (Å²) < 4.78 is 0. The third-order valence-corrected chi connectivity index (χ3v) is 1.69. The van der Waals surface area contributed by atoms with Crippen LogP contribution in [0.5, 0.6) is 0 Å². The van der Waals surface area contributed by atoms with Gasteiger partial charge in [-0.2, -0.15) is 0 Å². The van der Waals surface area contributed by atoms with Gasteiger partial charge in [0.25, 0.3) is 5.91 Å². The molecule has 86 valence electrons. The second kappa shape index (κ2) is 5.54. The van der Waals surface area contributed by atoms with Crippen LogP contribution in [0.3, 0.4) is 0 Å². The highest BCUT2D eigenvalue weighted by Gasteiger charge is 2.05. The van der Waals surface area contributed by atoms with Crippen LogP contribution in [0.1, 0.15) is 17.3 Å². The predicted molar refractivity (Wildman–Crippen MR) is 60.9 cm³/mol. The van der Waals surface area contributed by atoms with Crippen molar-refractivity contribution >= 4 is 17.7 Å². The maximum Gasteiger partial charge on any atom is 0.269 e. The Morgan fingerprint density at radius 1 is 1.56 bits per heavy atom. The molecule has 6 N–H and O–H groups in total. The van der Waals surface area contributed by atoms with E-state index >= 15 is 0 Å². The zero-order valence-corrected chi connectivity index (χ0v) is 8.87. The third-order valence-electron chi connectivity index (χ3n) is 1.69. The summed E-state index contributed by atoms with van der Waals surface area (Å²) in [7, 11) is 0. The average molecular weight is 222 g/mol. The standard InChI is InChI=1S/C9H14N6O/c1-2-12-7-5-6(3-4-13-7)8(16)14-15-9(10)11/h3-5H,2H2,1H3,(H,12,13)(H,14,16)(H4,10,11,15). The normalized spacial score (nSPS) is 9.31. The molecular weight excluding hydrogens is 208 g/mol. The van der Waals surface area contributed by atoms with Crippen molar-refractivity contribution in [3.63, 3.8) is 0 Å². The maximum atomic E-state index is 11.5. The summed E-state index contributed by atoms with van der Waals surface area (Å²) >= 11 is 0. The average Bonchev–Trinajstić information content (AvgIpc) is 2.26. The highest BCUT2D eigenvalue weighted by atomic mass is 16.2. The van der Waals surface area contributed by atoms with Crippen molar-refractivity contribution in [2.75, 3.05) is 11.9 Å². The lowest BCUT2D eigenvalue weighted by molar-refractivity contribution is 0.0943. The molecule has 1 rings (SSSR count). The van der Waals surface area contributed by atoms with Crippen molar-refractivity contribution in [1.82, 2.24) is 15.8 Å². The van der Waals surface area contributed by atoms with E-state index in [-0.39, 0.29) is 11.9 Å². The summed E-state index contributed by atoms with van der Waals surface area (Å²) in [5, 5.41) is 9.87. The number of nitrogens with two attached hydrogens (primary N) is 1. The Hall–Kier alpha value is -2.31. The van der Waals surface area contributed by atoms with Crippen LogP contribution in [0.15, 0.2) is 18.3 Å². The Bertz CT molecular complexity index is 391. The number of pyridine rings is 1. The summed E-state index contributed by atoms with van der Waals surface area (Å²) in [4.78, 5) is 15.6. The Morgan fingerprint density at radius 3 is 2.94 bits per heavy atom. The van der Waals surface area contributed by atoms with E-state index in [2.05, 4.69) is 21.2 Å². The summed E-state index contributed by atoms with van der Waals surface area (Å²) in [6.45, 7) is 2.66. The second-order valence-corrected chi connectivity index (χ2v) is 2.95. The molecule has 0 aliphatic rings. The number of carbonyl (C=O) groups is 1. The van der Waals surface area contributed by atoms with E-state index < -0.39 is 0 Å². The Labute approximate surface area is 92.9 Å². The quantitative estimate of drug-likeness (QED) is 0.272. The van der Waals surface area contributed by atoms with E-state index in [4.69, 9.17) is 11.1 Å². The Balaban J connectivity index is 2.67. The number of anilines is 1. The fourth-order valence-corrected chi connectivity index (χ4v) is 1.05. The lowest BCUT2D eigenvalue weighted by atomic mass is 10.2. The summed E-state index contributed by atoms with van der Waals surface area (Å²) in [5.74, 6) is -0.0796. The molecule has 0 radical (unpaired) electrons. The minimum Gasteiger partial charge on any atom is -0.370 e. The predicted octanol–water partition coefficient (Wildman–Crippen LogP) is -0.359. The van der Waals surface area contributed by atoms with Gasteiger partial charge in [-0.3, -0.25) is 21.1 Å². The van der Waals surface area contributed by atoms with Crippen molar-refractivity contribution in [3.05, 3.63) is 23.9 Å². The molecule has 0 aliphatic heterocycles. The van der Waals surface area contributed by atoms with Crippen LogP contribution in [-0.4, -0.2) is 23.4 Å². The molecule has 7 nitrogen and oxygen atoms in total. The summed E-state index contributed by atoms with van der Waals surface area (Å²) in [6, 6.07) is 3.18. The SMILES string of the molecule is CCNc1cc(C(=O)NNC(=N)N)ccn1. The van der Waals surface area contributed by atoms with Gasteiger partial charge in [-0.25, -0.2) is 4.98 Å². The fraction of sp³-hybridized carbons (Fsp3) is 0.222.